The summed E-state index contributed by atoms with van der Waals surface area (Å²) in [5.41, 5.74) is 2.81. The van der Waals surface area contributed by atoms with Gasteiger partial charge in [0.05, 0.1) is 10.8 Å². The lowest BCUT2D eigenvalue weighted by atomic mass is 10.0. The fourth-order valence-electron chi connectivity index (χ4n) is 3.32. The van der Waals surface area contributed by atoms with Crippen molar-refractivity contribution < 1.29 is 30.1 Å². The number of halogens is 1. The van der Waals surface area contributed by atoms with Crippen LogP contribution in [0.15, 0.2) is 84.9 Å². The highest BCUT2D eigenvalue weighted by atomic mass is 35.6. The molecule has 4 aromatic rings. The van der Waals surface area contributed by atoms with Crippen LogP contribution in [0, 0.1) is 10.8 Å². The summed E-state index contributed by atoms with van der Waals surface area (Å²) in [6.07, 6.45) is 0. The van der Waals surface area contributed by atoms with Crippen LogP contribution in [-0.2, 0) is 13.1 Å². The Bertz CT molecular complexity index is 928. The Balaban J connectivity index is 0.000000481. The fourth-order valence-corrected chi connectivity index (χ4v) is 3.32. The molecule has 0 fully saturated rings. The zero-order valence-electron chi connectivity index (χ0n) is 14.7. The van der Waals surface area contributed by atoms with Gasteiger partial charge in [-0.1, -0.05) is 84.9 Å². The second kappa shape index (κ2) is 9.46. The Morgan fingerprint density at radius 3 is 1.37 bits per heavy atom. The van der Waals surface area contributed by atoms with Crippen molar-refractivity contribution in [3.8, 4) is 0 Å². The first-order chi connectivity index (χ1) is 13.1. The smallest absolute Gasteiger partial charge is 0.102 e. The molecule has 138 valence electrons. The monoisotopic (exact) mass is 381 g/mol. The van der Waals surface area contributed by atoms with E-state index in [2.05, 4.69) is 90.2 Å². The van der Waals surface area contributed by atoms with Crippen molar-refractivity contribution in [2.75, 3.05) is 0 Å². The van der Waals surface area contributed by atoms with Gasteiger partial charge in [0, 0.05) is 11.1 Å². The molecule has 4 rings (SSSR count). The predicted molar refractivity (Wildman–Crippen MR) is 97.2 cm³/mol. The van der Waals surface area contributed by atoms with Crippen LogP contribution in [0.25, 0.3) is 21.5 Å². The maximum Gasteiger partial charge on any atom is 0.102 e. The first-order valence-corrected chi connectivity index (χ1v) is 9.56. The van der Waals surface area contributed by atoms with Gasteiger partial charge in [0.1, 0.15) is 13.1 Å². The average molecular weight is 382 g/mol. The molecule has 4 aromatic carbocycles. The van der Waals surface area contributed by atoms with Gasteiger partial charge in [-0.05, 0) is 21.5 Å². The van der Waals surface area contributed by atoms with E-state index in [1.165, 1.54) is 32.7 Å². The quantitative estimate of drug-likeness (QED) is 0.564. The molecule has 0 unspecified atom stereocenters. The number of fused-ring (bicyclic) bond motifs is 2. The van der Waals surface area contributed by atoms with Gasteiger partial charge in [-0.3, -0.25) is 0 Å². The number of rotatable bonds is 4. The number of hydrogen-bond acceptors (Lipinski definition) is 3. The van der Waals surface area contributed by atoms with Gasteiger partial charge in [0.15, 0.2) is 0 Å². The molecule has 0 saturated carbocycles. The summed E-state index contributed by atoms with van der Waals surface area (Å²) in [7, 11) is -2.85. The van der Waals surface area contributed by atoms with E-state index < -0.39 is 10.8 Å². The zero-order chi connectivity index (χ0) is 19.1. The van der Waals surface area contributed by atoms with Crippen LogP contribution >= 0.6 is 0 Å². The molecule has 2 N–H and O–H groups in total. The molecule has 0 amide bonds. The molecule has 0 radical (unpaired) electrons. The normalized spacial score (nSPS) is 10.8. The minimum absolute atomic E-state index is 1.00. The minimum atomic E-state index is -2.85. The molecule has 27 heavy (non-hydrogen) atoms. The van der Waals surface area contributed by atoms with E-state index in [1.54, 1.807) is 0 Å². The van der Waals surface area contributed by atoms with Crippen LogP contribution in [-0.4, -0.2) is 0 Å². The van der Waals surface area contributed by atoms with Crippen molar-refractivity contribution in [3.63, 3.8) is 0 Å². The van der Waals surface area contributed by atoms with Crippen LogP contribution in [0.4, 0.5) is 0 Å². The number of nitrogens with two attached hydrogens (primary N) is 1. The van der Waals surface area contributed by atoms with Gasteiger partial charge in [-0.25, -0.2) is 0 Å². The highest BCUT2D eigenvalue weighted by Crippen LogP contribution is 2.19. The molecule has 0 aliphatic heterocycles. The summed E-state index contributed by atoms with van der Waals surface area (Å²) in [4.78, 5) is 0. The van der Waals surface area contributed by atoms with E-state index in [0.29, 0.717) is 0 Å². The molecule has 4 nitrogen and oxygen atoms in total. The molecular formula is C22H20ClNO3. The summed E-state index contributed by atoms with van der Waals surface area (Å²) in [6, 6.07) is 30.4. The summed E-state index contributed by atoms with van der Waals surface area (Å²) in [5.74, 6) is 0. The molecular weight excluding hydrogens is 362 g/mol. The topological polar surface area (TPSA) is 85.8 Å². The van der Waals surface area contributed by atoms with E-state index >= 15 is 0 Å². The fraction of sp³-hybridized carbons (Fsp3) is 0.0909. The van der Waals surface area contributed by atoms with Crippen LogP contribution < -0.4 is 19.3 Å². The lowest BCUT2D eigenvalue weighted by Gasteiger charge is -2.08. The van der Waals surface area contributed by atoms with E-state index in [-0.39, 0.29) is 0 Å². The second-order valence-electron chi connectivity index (χ2n) is 6.16. The Hall–Kier alpha value is -2.47. The third-order valence-electron chi connectivity index (χ3n) is 4.49. The van der Waals surface area contributed by atoms with Gasteiger partial charge in [0.25, 0.3) is 0 Å². The molecule has 0 bridgehead atoms. The summed E-state index contributed by atoms with van der Waals surface area (Å²) >= 11 is 0. The first kappa shape index (κ1) is 19.3. The number of quaternary nitrogens is 1. The van der Waals surface area contributed by atoms with E-state index in [1.807, 2.05) is 0 Å². The van der Waals surface area contributed by atoms with Crippen molar-refractivity contribution in [2.45, 2.75) is 13.1 Å². The van der Waals surface area contributed by atoms with Crippen molar-refractivity contribution in [2.24, 2.45) is 0 Å². The standard InChI is InChI=1S/C22H19N.ClO3/c1-3-13-21-17(7-1)9-5-11-19(21)15-23-16-20-12-6-10-18-8-2-4-14-22(18)20;2-1(3)4/h1-14,23H,15-16H2;/q;-1/p+1. The SMILES string of the molecule is [O-][Cl+2]([O-])[O-].c1ccc2c(C[NH2+]Cc3cccc4ccccc34)cccc2c1. The molecule has 0 aromatic heterocycles. The van der Waals surface area contributed by atoms with Gasteiger partial charge in [0.2, 0.25) is 0 Å². The molecule has 0 atom stereocenters. The van der Waals surface area contributed by atoms with Crippen LogP contribution in [0.1, 0.15) is 11.1 Å². The third-order valence-corrected chi connectivity index (χ3v) is 4.49. The maximum absolute atomic E-state index is 8.41. The molecule has 0 heterocycles. The van der Waals surface area contributed by atoms with Gasteiger partial charge in [-0.15, -0.1) is 0 Å². The third kappa shape index (κ3) is 5.26. The Morgan fingerprint density at radius 2 is 0.926 bits per heavy atom. The molecule has 0 aliphatic rings. The van der Waals surface area contributed by atoms with Crippen molar-refractivity contribution in [3.05, 3.63) is 96.1 Å². The largest absolute Gasteiger partial charge is 0.357 e. The van der Waals surface area contributed by atoms with Gasteiger partial charge < -0.3 is 19.3 Å². The summed E-state index contributed by atoms with van der Waals surface area (Å²) in [5, 5.41) is 7.77. The van der Waals surface area contributed by atoms with E-state index in [0.717, 1.165) is 13.1 Å². The number of hydrogen-bond donors (Lipinski definition) is 1. The lowest BCUT2D eigenvalue weighted by Crippen LogP contribution is -2.80. The Kier molecular flexibility index (Phi) is 6.76. The molecule has 0 spiro atoms. The van der Waals surface area contributed by atoms with Gasteiger partial charge >= 0.3 is 0 Å². The second-order valence-corrected chi connectivity index (χ2v) is 6.54. The minimum Gasteiger partial charge on any atom is -0.357 e. The Morgan fingerprint density at radius 1 is 0.556 bits per heavy atom. The molecule has 0 saturated heterocycles. The van der Waals surface area contributed by atoms with E-state index in [4.69, 9.17) is 14.0 Å². The highest BCUT2D eigenvalue weighted by Gasteiger charge is 2.04. The van der Waals surface area contributed by atoms with Crippen molar-refractivity contribution in [1.29, 1.82) is 0 Å². The predicted octanol–water partition coefficient (Wildman–Crippen LogP) is 0.690. The lowest BCUT2D eigenvalue weighted by molar-refractivity contribution is -1.73. The van der Waals surface area contributed by atoms with Crippen molar-refractivity contribution >= 4 is 21.5 Å². The van der Waals surface area contributed by atoms with Gasteiger partial charge in [-0.2, -0.15) is 0 Å². The zero-order valence-corrected chi connectivity index (χ0v) is 15.4. The first-order valence-electron chi connectivity index (χ1n) is 8.63. The number of benzene rings is 4. The average Bonchev–Trinajstić information content (AvgIpc) is 2.68. The van der Waals surface area contributed by atoms with Crippen LogP contribution in [0.2, 0.25) is 0 Å². The Labute approximate surface area is 161 Å². The maximum atomic E-state index is 8.41. The van der Waals surface area contributed by atoms with E-state index in [9.17, 15) is 0 Å². The summed E-state index contributed by atoms with van der Waals surface area (Å²) < 4.78 is 25.2. The van der Waals surface area contributed by atoms with Crippen LogP contribution in [0.5, 0.6) is 0 Å². The molecule has 0 aliphatic carbocycles. The highest BCUT2D eigenvalue weighted by molar-refractivity contribution is 5.86. The van der Waals surface area contributed by atoms with Crippen molar-refractivity contribution in [1.82, 2.24) is 0 Å². The summed E-state index contributed by atoms with van der Waals surface area (Å²) in [6.45, 7) is 2.01. The van der Waals surface area contributed by atoms with Crippen LogP contribution in [0.3, 0.4) is 0 Å². The molecule has 5 heteroatoms.